The van der Waals surface area contributed by atoms with Gasteiger partial charge >= 0.3 is 0 Å². The van der Waals surface area contributed by atoms with Crippen molar-refractivity contribution in [1.82, 2.24) is 0 Å². The van der Waals surface area contributed by atoms with Crippen LogP contribution in [0.5, 0.6) is 0 Å². The Morgan fingerprint density at radius 3 is 2.70 bits per heavy atom. The van der Waals surface area contributed by atoms with Crippen molar-refractivity contribution in [3.05, 3.63) is 27.3 Å². The zero-order valence-corrected chi connectivity index (χ0v) is 8.42. The number of aliphatic hydroxyl groups excluding tert-OH is 1. The van der Waals surface area contributed by atoms with E-state index < -0.39 is 0 Å². The van der Waals surface area contributed by atoms with E-state index in [-0.39, 0.29) is 6.61 Å². The van der Waals surface area contributed by atoms with Gasteiger partial charge in [-0.15, -0.1) is 0 Å². The number of aliphatic hydroxyl groups is 1. The average Bonchev–Trinajstić information content (AvgIpc) is 1.88. The highest BCUT2D eigenvalue weighted by molar-refractivity contribution is 14.1. The maximum absolute atomic E-state index is 8.79. The summed E-state index contributed by atoms with van der Waals surface area (Å²) in [5.74, 6) is 0. The minimum absolute atomic E-state index is 0.116. The molecular weight excluding hydrogens is 255 g/mol. The number of benzene rings is 1. The largest absolute Gasteiger partial charge is 0.392 e. The lowest BCUT2D eigenvalue weighted by molar-refractivity contribution is 0.281. The summed E-state index contributed by atoms with van der Waals surface area (Å²) in [4.78, 5) is 0. The van der Waals surface area contributed by atoms with Crippen molar-refractivity contribution in [3.8, 4) is 0 Å². The van der Waals surface area contributed by atoms with Gasteiger partial charge in [0.05, 0.1) is 16.8 Å². The zero-order chi connectivity index (χ0) is 7.56. The van der Waals surface area contributed by atoms with Crippen LogP contribution in [0.1, 0.15) is 5.56 Å². The van der Waals surface area contributed by atoms with Crippen LogP contribution in [-0.2, 0) is 6.61 Å². The maximum atomic E-state index is 8.79. The molecule has 0 heterocycles. The maximum Gasteiger partial charge on any atom is 0.0712 e. The molecule has 0 aliphatic rings. The molecule has 1 aromatic carbocycles. The van der Waals surface area contributed by atoms with E-state index >= 15 is 0 Å². The minimum Gasteiger partial charge on any atom is -0.392 e. The van der Waals surface area contributed by atoms with Gasteiger partial charge in [0.2, 0.25) is 0 Å². The van der Waals surface area contributed by atoms with Crippen LogP contribution >= 0.6 is 22.6 Å². The smallest absolute Gasteiger partial charge is 0.0712 e. The van der Waals surface area contributed by atoms with Gasteiger partial charge in [0.15, 0.2) is 0 Å². The average molecular weight is 261 g/mol. The predicted octanol–water partition coefficient (Wildman–Crippen LogP) is 0.577. The van der Waals surface area contributed by atoms with E-state index in [1.165, 1.54) is 0 Å². The van der Waals surface area contributed by atoms with E-state index in [2.05, 4.69) is 32.8 Å². The first-order valence-corrected chi connectivity index (χ1v) is 4.43. The van der Waals surface area contributed by atoms with Gasteiger partial charge < -0.3 is 5.11 Å². The molecule has 0 amide bonds. The first-order valence-electron chi connectivity index (χ1n) is 2.85. The van der Waals surface area contributed by atoms with Gasteiger partial charge in [-0.1, -0.05) is 23.4 Å². The fourth-order valence-corrected chi connectivity index (χ4v) is 1.88. The second-order valence-corrected chi connectivity index (χ2v) is 3.70. The molecule has 0 spiro atoms. The molecule has 0 atom stereocenters. The van der Waals surface area contributed by atoms with Crippen molar-refractivity contribution in [2.45, 2.75) is 6.61 Å². The molecule has 1 nitrogen and oxygen atoms in total. The molecule has 0 unspecified atom stereocenters. The van der Waals surface area contributed by atoms with Crippen LogP contribution in [0, 0.1) is 3.57 Å². The van der Waals surface area contributed by atoms with E-state index in [1.54, 1.807) is 0 Å². The van der Waals surface area contributed by atoms with Crippen LogP contribution in [0.4, 0.5) is 0 Å². The molecule has 0 bridgehead atoms. The highest BCUT2D eigenvalue weighted by atomic mass is 127. The van der Waals surface area contributed by atoms with Gasteiger partial charge in [-0.3, -0.25) is 0 Å². The Hall–Kier alpha value is 0.127. The standard InChI is InChI=1S/C7H6IOSi/c8-7-3-6(10)2-1-5(7)4-9/h1-3,9H,4H2. The van der Waals surface area contributed by atoms with Crippen molar-refractivity contribution in [2.75, 3.05) is 0 Å². The van der Waals surface area contributed by atoms with Crippen LogP contribution in [0.3, 0.4) is 0 Å². The van der Waals surface area contributed by atoms with Crippen LogP contribution < -0.4 is 5.19 Å². The van der Waals surface area contributed by atoms with Gasteiger partial charge in [0.1, 0.15) is 0 Å². The fourth-order valence-electron chi connectivity index (χ4n) is 0.676. The van der Waals surface area contributed by atoms with Gasteiger partial charge in [0, 0.05) is 3.57 Å². The van der Waals surface area contributed by atoms with Gasteiger partial charge in [0.25, 0.3) is 0 Å². The Morgan fingerprint density at radius 2 is 2.20 bits per heavy atom. The molecule has 0 fully saturated rings. The molecule has 10 heavy (non-hydrogen) atoms. The number of hydrogen-bond acceptors (Lipinski definition) is 1. The number of rotatable bonds is 1. The Labute approximate surface area is 77.0 Å². The van der Waals surface area contributed by atoms with E-state index in [9.17, 15) is 0 Å². The second kappa shape index (κ2) is 3.50. The summed E-state index contributed by atoms with van der Waals surface area (Å²) in [5.41, 5.74) is 0.975. The number of halogens is 1. The molecule has 0 aromatic heterocycles. The lowest BCUT2D eigenvalue weighted by Gasteiger charge is -1.99. The quantitative estimate of drug-likeness (QED) is 0.579. The van der Waals surface area contributed by atoms with Crippen LogP contribution in [0.2, 0.25) is 0 Å². The highest BCUT2D eigenvalue weighted by Crippen LogP contribution is 2.08. The normalized spacial score (nSPS) is 9.90. The van der Waals surface area contributed by atoms with Crippen LogP contribution in [0.25, 0.3) is 0 Å². The van der Waals surface area contributed by atoms with Crippen molar-refractivity contribution in [3.63, 3.8) is 0 Å². The van der Waals surface area contributed by atoms with Gasteiger partial charge in [-0.25, -0.2) is 0 Å². The summed E-state index contributed by atoms with van der Waals surface area (Å²) < 4.78 is 1.09. The Morgan fingerprint density at radius 1 is 1.50 bits per heavy atom. The Bertz CT molecular complexity index is 237. The molecule has 0 aliphatic heterocycles. The van der Waals surface area contributed by atoms with E-state index in [0.717, 1.165) is 14.3 Å². The van der Waals surface area contributed by atoms with Gasteiger partial charge in [-0.05, 0) is 28.2 Å². The van der Waals surface area contributed by atoms with E-state index in [1.807, 2.05) is 18.2 Å². The van der Waals surface area contributed by atoms with Crippen molar-refractivity contribution in [1.29, 1.82) is 0 Å². The minimum atomic E-state index is 0.116. The third-order valence-corrected chi connectivity index (χ3v) is 2.54. The first-order chi connectivity index (χ1) is 4.74. The lowest BCUT2D eigenvalue weighted by atomic mass is 10.2. The number of hydrogen-bond donors (Lipinski definition) is 1. The summed E-state index contributed by atoms with van der Waals surface area (Å²) in [5, 5.41) is 9.83. The summed E-state index contributed by atoms with van der Waals surface area (Å²) in [6.45, 7) is 0.116. The predicted molar refractivity (Wildman–Crippen MR) is 50.5 cm³/mol. The highest BCUT2D eigenvalue weighted by Gasteiger charge is 1.95. The fraction of sp³-hybridized carbons (Fsp3) is 0.143. The van der Waals surface area contributed by atoms with Crippen molar-refractivity contribution in [2.24, 2.45) is 0 Å². The van der Waals surface area contributed by atoms with Gasteiger partial charge in [-0.2, -0.15) is 0 Å². The summed E-state index contributed by atoms with van der Waals surface area (Å²) in [6, 6.07) is 5.80. The molecule has 0 saturated heterocycles. The molecule has 51 valence electrons. The van der Waals surface area contributed by atoms with E-state index in [0.29, 0.717) is 0 Å². The molecule has 1 N–H and O–H groups in total. The van der Waals surface area contributed by atoms with E-state index in [4.69, 9.17) is 5.11 Å². The van der Waals surface area contributed by atoms with Crippen LogP contribution in [0.15, 0.2) is 18.2 Å². The lowest BCUT2D eigenvalue weighted by Crippen LogP contribution is -2.03. The summed E-state index contributed by atoms with van der Waals surface area (Å²) in [6.07, 6.45) is 0. The third kappa shape index (κ3) is 1.80. The molecule has 0 aliphatic carbocycles. The monoisotopic (exact) mass is 261 g/mol. The summed E-state index contributed by atoms with van der Waals surface area (Å²) in [7, 11) is 3.39. The van der Waals surface area contributed by atoms with Crippen LogP contribution in [-0.4, -0.2) is 15.3 Å². The molecule has 0 saturated carbocycles. The topological polar surface area (TPSA) is 20.2 Å². The molecular formula is C7H6IOSi. The van der Waals surface area contributed by atoms with Crippen molar-refractivity contribution < 1.29 is 5.11 Å². The first kappa shape index (κ1) is 8.23. The zero-order valence-electron chi connectivity index (χ0n) is 5.26. The molecule has 3 heteroatoms. The molecule has 1 rings (SSSR count). The Kier molecular flexibility index (Phi) is 2.88. The third-order valence-electron chi connectivity index (χ3n) is 1.22. The SMILES string of the molecule is OCc1ccc([Si])cc1I. The molecule has 1 aromatic rings. The second-order valence-electron chi connectivity index (χ2n) is 1.96. The Balaban J connectivity index is 3.07. The van der Waals surface area contributed by atoms with Crippen molar-refractivity contribution >= 4 is 38.0 Å². The molecule has 3 radical (unpaired) electrons. The summed E-state index contributed by atoms with van der Waals surface area (Å²) >= 11 is 2.19.